The lowest BCUT2D eigenvalue weighted by Gasteiger charge is -2.10. The van der Waals surface area contributed by atoms with Crippen LogP contribution in [-0.4, -0.2) is 70.4 Å². The molecule has 2 N–H and O–H groups in total. The van der Waals surface area contributed by atoms with Gasteiger partial charge in [0.25, 0.3) is 17.7 Å². The SMILES string of the molecule is C/C=C\C(=O)N(C=O)CCO.O=C1C=CC(=O)N1CCO. The Kier molecular flexibility index (Phi) is 9.31. The Bertz CT molecular complexity index is 426. The lowest BCUT2D eigenvalue weighted by molar-refractivity contribution is -0.138. The van der Waals surface area contributed by atoms with E-state index in [9.17, 15) is 19.2 Å². The summed E-state index contributed by atoms with van der Waals surface area (Å²) in [6.45, 7) is 1.43. The van der Waals surface area contributed by atoms with E-state index >= 15 is 0 Å². The number of hydrogen-bond donors (Lipinski definition) is 2. The molecule has 0 unspecified atom stereocenters. The first-order chi connectivity index (χ1) is 10.0. The number of imide groups is 2. The van der Waals surface area contributed by atoms with Gasteiger partial charge in [-0.05, 0) is 13.0 Å². The molecule has 0 aromatic rings. The molecule has 0 saturated carbocycles. The van der Waals surface area contributed by atoms with Crippen LogP contribution in [0.1, 0.15) is 6.92 Å². The first kappa shape index (κ1) is 18.7. The fourth-order valence-electron chi connectivity index (χ4n) is 1.31. The van der Waals surface area contributed by atoms with E-state index in [1.165, 1.54) is 24.3 Å². The molecule has 0 aromatic carbocycles. The Labute approximate surface area is 121 Å². The van der Waals surface area contributed by atoms with Crippen molar-refractivity contribution < 1.29 is 29.4 Å². The monoisotopic (exact) mass is 298 g/mol. The van der Waals surface area contributed by atoms with Crippen LogP contribution in [-0.2, 0) is 19.2 Å². The molecule has 8 nitrogen and oxygen atoms in total. The van der Waals surface area contributed by atoms with Crippen molar-refractivity contribution in [2.75, 3.05) is 26.3 Å². The van der Waals surface area contributed by atoms with Gasteiger partial charge in [0.2, 0.25) is 6.41 Å². The van der Waals surface area contributed by atoms with Gasteiger partial charge in [-0.3, -0.25) is 29.0 Å². The van der Waals surface area contributed by atoms with Gasteiger partial charge in [0.1, 0.15) is 0 Å². The Balaban J connectivity index is 0.000000382. The van der Waals surface area contributed by atoms with Crippen LogP contribution in [0.3, 0.4) is 0 Å². The highest BCUT2D eigenvalue weighted by molar-refractivity contribution is 6.12. The molecule has 1 aliphatic heterocycles. The third-order valence-electron chi connectivity index (χ3n) is 2.28. The number of hydrogen-bond acceptors (Lipinski definition) is 6. The maximum Gasteiger partial charge on any atom is 0.253 e. The van der Waals surface area contributed by atoms with Gasteiger partial charge >= 0.3 is 0 Å². The molecule has 1 rings (SSSR count). The fraction of sp³-hybridized carbons (Fsp3) is 0.385. The minimum absolute atomic E-state index is 0.0483. The molecule has 0 atom stereocenters. The average Bonchev–Trinajstić information content (AvgIpc) is 2.78. The second-order valence-corrected chi connectivity index (χ2v) is 3.75. The first-order valence-corrected chi connectivity index (χ1v) is 6.15. The first-order valence-electron chi connectivity index (χ1n) is 6.15. The van der Waals surface area contributed by atoms with E-state index in [1.807, 2.05) is 0 Å². The van der Waals surface area contributed by atoms with Crippen LogP contribution >= 0.6 is 0 Å². The summed E-state index contributed by atoms with van der Waals surface area (Å²) in [5.41, 5.74) is 0. The van der Waals surface area contributed by atoms with Gasteiger partial charge in [-0.2, -0.15) is 0 Å². The number of aliphatic hydroxyl groups excluding tert-OH is 2. The van der Waals surface area contributed by atoms with Crippen LogP contribution in [0.5, 0.6) is 0 Å². The normalized spacial score (nSPS) is 13.4. The van der Waals surface area contributed by atoms with Crippen molar-refractivity contribution in [3.63, 3.8) is 0 Å². The van der Waals surface area contributed by atoms with Crippen molar-refractivity contribution in [2.45, 2.75) is 6.92 Å². The van der Waals surface area contributed by atoms with E-state index in [-0.39, 0.29) is 38.1 Å². The Morgan fingerprint density at radius 3 is 2.19 bits per heavy atom. The standard InChI is InChI=1S/C7H11NO3.C6H7NO3/c1-2-3-7(11)8(6-10)4-5-9;8-4-3-7-5(9)1-2-6(7)10/h2-3,6,9H,4-5H2,1H3;1-2,8H,3-4H2/b3-2-;. The highest BCUT2D eigenvalue weighted by atomic mass is 16.3. The summed E-state index contributed by atoms with van der Waals surface area (Å²) in [4.78, 5) is 44.3. The molecule has 8 heteroatoms. The number of allylic oxidation sites excluding steroid dienone is 1. The van der Waals surface area contributed by atoms with Gasteiger partial charge in [0.15, 0.2) is 0 Å². The summed E-state index contributed by atoms with van der Waals surface area (Å²) < 4.78 is 0. The summed E-state index contributed by atoms with van der Waals surface area (Å²) >= 11 is 0. The average molecular weight is 298 g/mol. The second-order valence-electron chi connectivity index (χ2n) is 3.75. The summed E-state index contributed by atoms with van der Waals surface area (Å²) in [5.74, 6) is -1.10. The van der Waals surface area contributed by atoms with Gasteiger partial charge < -0.3 is 10.2 Å². The van der Waals surface area contributed by atoms with Gasteiger partial charge in [-0.25, -0.2) is 0 Å². The minimum Gasteiger partial charge on any atom is -0.395 e. The molecule has 0 bridgehead atoms. The summed E-state index contributed by atoms with van der Waals surface area (Å²) in [5, 5.41) is 16.8. The highest BCUT2D eigenvalue weighted by Gasteiger charge is 2.21. The summed E-state index contributed by atoms with van der Waals surface area (Å²) in [6.07, 6.45) is 5.59. The molecule has 0 spiro atoms. The molecule has 4 amide bonds. The third-order valence-corrected chi connectivity index (χ3v) is 2.28. The van der Waals surface area contributed by atoms with E-state index in [4.69, 9.17) is 10.2 Å². The number of aliphatic hydroxyl groups is 2. The van der Waals surface area contributed by atoms with Gasteiger partial charge in [0, 0.05) is 12.2 Å². The van der Waals surface area contributed by atoms with Crippen molar-refractivity contribution in [3.8, 4) is 0 Å². The molecular weight excluding hydrogens is 280 g/mol. The number of amides is 4. The number of carbonyl (C=O) groups is 4. The zero-order valence-corrected chi connectivity index (χ0v) is 11.6. The van der Waals surface area contributed by atoms with Crippen LogP contribution in [0.15, 0.2) is 24.3 Å². The Hall–Kier alpha value is -2.32. The van der Waals surface area contributed by atoms with Crippen LogP contribution in [0.2, 0.25) is 0 Å². The molecule has 116 valence electrons. The molecule has 1 heterocycles. The molecule has 0 fully saturated rings. The van der Waals surface area contributed by atoms with Gasteiger partial charge in [-0.1, -0.05) is 6.08 Å². The highest BCUT2D eigenvalue weighted by Crippen LogP contribution is 2.01. The summed E-state index contributed by atoms with van der Waals surface area (Å²) in [7, 11) is 0. The van der Waals surface area contributed by atoms with E-state index in [1.54, 1.807) is 6.92 Å². The van der Waals surface area contributed by atoms with Crippen molar-refractivity contribution in [2.24, 2.45) is 0 Å². The topological polar surface area (TPSA) is 115 Å². The van der Waals surface area contributed by atoms with Crippen LogP contribution in [0, 0.1) is 0 Å². The predicted octanol–water partition coefficient (Wildman–Crippen LogP) is -1.56. The lowest BCUT2D eigenvalue weighted by atomic mass is 10.4. The van der Waals surface area contributed by atoms with Crippen LogP contribution in [0.4, 0.5) is 0 Å². The van der Waals surface area contributed by atoms with E-state index in [0.717, 1.165) is 9.80 Å². The maximum atomic E-state index is 10.9. The predicted molar refractivity (Wildman–Crippen MR) is 72.6 cm³/mol. The zero-order valence-electron chi connectivity index (χ0n) is 11.6. The Morgan fingerprint density at radius 2 is 1.81 bits per heavy atom. The third kappa shape index (κ3) is 6.59. The summed E-state index contributed by atoms with van der Waals surface area (Å²) in [6, 6.07) is 0. The zero-order chi connectivity index (χ0) is 16.3. The van der Waals surface area contributed by atoms with Crippen molar-refractivity contribution in [1.29, 1.82) is 0 Å². The number of nitrogens with zero attached hydrogens (tertiary/aromatic N) is 2. The van der Waals surface area contributed by atoms with Gasteiger partial charge in [-0.15, -0.1) is 0 Å². The maximum absolute atomic E-state index is 10.9. The molecular formula is C13H18N2O6. The molecule has 0 aliphatic carbocycles. The molecule has 1 aliphatic rings. The number of rotatable bonds is 6. The lowest BCUT2D eigenvalue weighted by Crippen LogP contribution is -2.32. The molecule has 21 heavy (non-hydrogen) atoms. The van der Waals surface area contributed by atoms with Crippen LogP contribution < -0.4 is 0 Å². The largest absolute Gasteiger partial charge is 0.395 e. The molecule has 0 saturated heterocycles. The number of carbonyl (C=O) groups excluding carboxylic acids is 4. The van der Waals surface area contributed by atoms with E-state index in [2.05, 4.69) is 0 Å². The molecule has 0 radical (unpaired) electrons. The van der Waals surface area contributed by atoms with Gasteiger partial charge in [0.05, 0.1) is 26.3 Å². The molecule has 0 aromatic heterocycles. The quantitative estimate of drug-likeness (QED) is 0.348. The smallest absolute Gasteiger partial charge is 0.253 e. The van der Waals surface area contributed by atoms with Crippen molar-refractivity contribution >= 4 is 24.1 Å². The second kappa shape index (κ2) is 10.5. The van der Waals surface area contributed by atoms with E-state index < -0.39 is 5.91 Å². The van der Waals surface area contributed by atoms with Crippen molar-refractivity contribution in [3.05, 3.63) is 24.3 Å². The minimum atomic E-state index is -0.406. The number of β-amino-alcohol motifs (C(OH)–C–C–N with tert-alkyl or cyclic N) is 1. The van der Waals surface area contributed by atoms with Crippen molar-refractivity contribution in [1.82, 2.24) is 9.80 Å². The Morgan fingerprint density at radius 1 is 1.24 bits per heavy atom. The fourth-order valence-corrected chi connectivity index (χ4v) is 1.31. The van der Waals surface area contributed by atoms with E-state index in [0.29, 0.717) is 6.41 Å². The van der Waals surface area contributed by atoms with Crippen LogP contribution in [0.25, 0.3) is 0 Å².